The summed E-state index contributed by atoms with van der Waals surface area (Å²) < 4.78 is 28.1. The molecule has 1 aliphatic rings. The molecule has 0 radical (unpaired) electrons. The molecule has 5 heteroatoms. The Balaban J connectivity index is 2.02. The summed E-state index contributed by atoms with van der Waals surface area (Å²) in [7, 11) is -2.89. The molecule has 1 unspecified atom stereocenters. The lowest BCUT2D eigenvalue weighted by atomic mass is 10.0. The number of ether oxygens (including phenoxy) is 1. The minimum Gasteiger partial charge on any atom is -0.494 e. The van der Waals surface area contributed by atoms with Crippen LogP contribution in [0.5, 0.6) is 5.75 Å². The fraction of sp³-hybridized carbons (Fsp3) is 0.600. The number of nitrogens with zero attached hydrogens (tertiary/aromatic N) is 1. The molecule has 0 amide bonds. The van der Waals surface area contributed by atoms with Crippen molar-refractivity contribution in [3.05, 3.63) is 29.8 Å². The van der Waals surface area contributed by atoms with Gasteiger partial charge in [0.25, 0.3) is 0 Å². The van der Waals surface area contributed by atoms with Crippen LogP contribution in [0, 0.1) is 0 Å². The minimum absolute atomic E-state index is 0.237. The summed E-state index contributed by atoms with van der Waals surface area (Å²) in [5, 5.41) is 0. The van der Waals surface area contributed by atoms with Crippen molar-refractivity contribution in [1.82, 2.24) is 4.90 Å². The van der Waals surface area contributed by atoms with E-state index in [2.05, 4.69) is 17.0 Å². The average Bonchev–Trinajstić information content (AvgIpc) is 2.85. The van der Waals surface area contributed by atoms with Crippen molar-refractivity contribution in [2.24, 2.45) is 0 Å². The highest BCUT2D eigenvalue weighted by Crippen LogP contribution is 2.32. The Bertz CT molecular complexity index is 525. The Kier molecular flexibility index (Phi) is 5.05. The van der Waals surface area contributed by atoms with Crippen LogP contribution in [0.25, 0.3) is 0 Å². The van der Waals surface area contributed by atoms with Crippen molar-refractivity contribution < 1.29 is 13.2 Å². The molecule has 1 aromatic rings. The third-order valence-corrected chi connectivity index (χ3v) is 4.61. The smallest absolute Gasteiger partial charge is 0.148 e. The molecule has 2 rings (SSSR count). The zero-order chi connectivity index (χ0) is 14.6. The minimum atomic E-state index is -2.89. The van der Waals surface area contributed by atoms with Gasteiger partial charge >= 0.3 is 0 Å². The second kappa shape index (κ2) is 6.59. The van der Waals surface area contributed by atoms with E-state index in [4.69, 9.17) is 4.74 Å². The fourth-order valence-electron chi connectivity index (χ4n) is 2.71. The highest BCUT2D eigenvalue weighted by atomic mass is 32.2. The van der Waals surface area contributed by atoms with Gasteiger partial charge in [-0.3, -0.25) is 4.90 Å². The van der Waals surface area contributed by atoms with Gasteiger partial charge in [-0.1, -0.05) is 12.1 Å². The molecule has 1 fully saturated rings. The van der Waals surface area contributed by atoms with E-state index in [1.54, 1.807) is 0 Å². The maximum absolute atomic E-state index is 11.3. The summed E-state index contributed by atoms with van der Waals surface area (Å²) in [6.07, 6.45) is 3.52. The molecule has 112 valence electrons. The first-order chi connectivity index (χ1) is 9.49. The number of benzene rings is 1. The number of hydrogen-bond donors (Lipinski definition) is 0. The first-order valence-electron chi connectivity index (χ1n) is 7.14. The zero-order valence-corrected chi connectivity index (χ0v) is 13.0. The highest BCUT2D eigenvalue weighted by Gasteiger charge is 2.26. The van der Waals surface area contributed by atoms with E-state index >= 15 is 0 Å². The van der Waals surface area contributed by atoms with Crippen molar-refractivity contribution in [2.75, 3.05) is 31.7 Å². The Labute approximate surface area is 121 Å². The summed E-state index contributed by atoms with van der Waals surface area (Å²) >= 11 is 0. The lowest BCUT2D eigenvalue weighted by Crippen LogP contribution is -2.28. The maximum Gasteiger partial charge on any atom is 0.148 e. The SMILES string of the molecule is CCOc1ccc(C2CCCN2CCS(C)(=O)=O)cc1. The van der Waals surface area contributed by atoms with E-state index in [0.717, 1.165) is 25.1 Å². The van der Waals surface area contributed by atoms with Crippen LogP contribution in [0.2, 0.25) is 0 Å². The summed E-state index contributed by atoms with van der Waals surface area (Å²) in [5.74, 6) is 1.12. The van der Waals surface area contributed by atoms with Crippen LogP contribution < -0.4 is 4.74 Å². The third kappa shape index (κ3) is 4.21. The molecule has 1 heterocycles. The standard InChI is InChI=1S/C15H23NO3S/c1-3-19-14-8-6-13(7-9-14)15-5-4-10-16(15)11-12-20(2,17)18/h6-9,15H,3-5,10-12H2,1-2H3. The summed E-state index contributed by atoms with van der Waals surface area (Å²) in [5.41, 5.74) is 1.25. The predicted molar refractivity (Wildman–Crippen MR) is 80.9 cm³/mol. The van der Waals surface area contributed by atoms with E-state index in [-0.39, 0.29) is 5.75 Å². The van der Waals surface area contributed by atoms with Gasteiger partial charge in [0, 0.05) is 18.8 Å². The molecular weight excluding hydrogens is 274 g/mol. The molecule has 1 aliphatic heterocycles. The van der Waals surface area contributed by atoms with Gasteiger partial charge in [-0.05, 0) is 44.0 Å². The van der Waals surface area contributed by atoms with Gasteiger partial charge in [0.05, 0.1) is 12.4 Å². The van der Waals surface area contributed by atoms with Crippen LogP contribution in [-0.4, -0.2) is 45.0 Å². The van der Waals surface area contributed by atoms with Crippen LogP contribution in [-0.2, 0) is 9.84 Å². The van der Waals surface area contributed by atoms with E-state index in [1.807, 2.05) is 19.1 Å². The van der Waals surface area contributed by atoms with Crippen molar-refractivity contribution in [1.29, 1.82) is 0 Å². The number of rotatable bonds is 6. The molecular formula is C15H23NO3S. The van der Waals surface area contributed by atoms with Gasteiger partial charge in [-0.25, -0.2) is 8.42 Å². The summed E-state index contributed by atoms with van der Waals surface area (Å²) in [6.45, 7) is 4.24. The summed E-state index contributed by atoms with van der Waals surface area (Å²) in [6, 6.07) is 8.51. The average molecular weight is 297 g/mol. The van der Waals surface area contributed by atoms with Gasteiger partial charge in [0.2, 0.25) is 0 Å². The molecule has 0 aliphatic carbocycles. The molecule has 1 saturated heterocycles. The van der Waals surface area contributed by atoms with E-state index in [9.17, 15) is 8.42 Å². The zero-order valence-electron chi connectivity index (χ0n) is 12.2. The highest BCUT2D eigenvalue weighted by molar-refractivity contribution is 7.90. The second-order valence-corrected chi connectivity index (χ2v) is 7.59. The lowest BCUT2D eigenvalue weighted by molar-refractivity contribution is 0.272. The third-order valence-electron chi connectivity index (χ3n) is 3.69. The van der Waals surface area contributed by atoms with Crippen molar-refractivity contribution >= 4 is 9.84 Å². The van der Waals surface area contributed by atoms with Gasteiger partial charge < -0.3 is 4.74 Å². The van der Waals surface area contributed by atoms with E-state index in [0.29, 0.717) is 19.2 Å². The maximum atomic E-state index is 11.3. The normalized spacial score (nSPS) is 20.2. The number of sulfone groups is 1. The Morgan fingerprint density at radius 2 is 2.00 bits per heavy atom. The molecule has 0 saturated carbocycles. The van der Waals surface area contributed by atoms with Crippen molar-refractivity contribution in [3.8, 4) is 5.75 Å². The predicted octanol–water partition coefficient (Wildman–Crippen LogP) is 2.27. The first kappa shape index (κ1) is 15.3. The van der Waals surface area contributed by atoms with Crippen LogP contribution in [0.3, 0.4) is 0 Å². The quantitative estimate of drug-likeness (QED) is 0.808. The molecule has 1 atom stereocenters. The monoisotopic (exact) mass is 297 g/mol. The van der Waals surface area contributed by atoms with Crippen LogP contribution in [0.15, 0.2) is 24.3 Å². The van der Waals surface area contributed by atoms with Crippen molar-refractivity contribution in [2.45, 2.75) is 25.8 Å². The van der Waals surface area contributed by atoms with Crippen molar-refractivity contribution in [3.63, 3.8) is 0 Å². The van der Waals surface area contributed by atoms with Gasteiger partial charge in [0.1, 0.15) is 15.6 Å². The lowest BCUT2D eigenvalue weighted by Gasteiger charge is -2.24. The molecule has 4 nitrogen and oxygen atoms in total. The van der Waals surface area contributed by atoms with Crippen LogP contribution in [0.4, 0.5) is 0 Å². The topological polar surface area (TPSA) is 46.6 Å². The molecule has 1 aromatic carbocycles. The molecule has 0 spiro atoms. The Morgan fingerprint density at radius 1 is 1.30 bits per heavy atom. The number of hydrogen-bond acceptors (Lipinski definition) is 4. The van der Waals surface area contributed by atoms with Gasteiger partial charge in [0.15, 0.2) is 0 Å². The largest absolute Gasteiger partial charge is 0.494 e. The van der Waals surface area contributed by atoms with Gasteiger partial charge in [-0.2, -0.15) is 0 Å². The number of likely N-dealkylation sites (tertiary alicyclic amines) is 1. The van der Waals surface area contributed by atoms with E-state index < -0.39 is 9.84 Å². The Hall–Kier alpha value is -1.07. The van der Waals surface area contributed by atoms with E-state index in [1.165, 1.54) is 11.8 Å². The van der Waals surface area contributed by atoms with Crippen LogP contribution >= 0.6 is 0 Å². The van der Waals surface area contributed by atoms with Crippen LogP contribution in [0.1, 0.15) is 31.4 Å². The molecule has 20 heavy (non-hydrogen) atoms. The first-order valence-corrected chi connectivity index (χ1v) is 9.20. The molecule has 0 bridgehead atoms. The molecule has 0 N–H and O–H groups in total. The second-order valence-electron chi connectivity index (χ2n) is 5.33. The van der Waals surface area contributed by atoms with Gasteiger partial charge in [-0.15, -0.1) is 0 Å². The fourth-order valence-corrected chi connectivity index (χ4v) is 3.27. The Morgan fingerprint density at radius 3 is 2.60 bits per heavy atom. The summed E-state index contributed by atoms with van der Waals surface area (Å²) in [4.78, 5) is 2.27. The molecule has 0 aromatic heterocycles.